The second-order valence-electron chi connectivity index (χ2n) is 8.15. The molecule has 1 saturated heterocycles. The highest BCUT2D eigenvalue weighted by Gasteiger charge is 2.43. The lowest BCUT2D eigenvalue weighted by Crippen LogP contribution is -2.95. The lowest BCUT2D eigenvalue weighted by atomic mass is 10.2. The van der Waals surface area contributed by atoms with Crippen molar-refractivity contribution >= 4 is 39.1 Å². The van der Waals surface area contributed by atoms with Gasteiger partial charge in [-0.05, 0) is 74.6 Å². The van der Waals surface area contributed by atoms with Crippen molar-refractivity contribution in [2.24, 2.45) is 0 Å². The second kappa shape index (κ2) is 7.35. The van der Waals surface area contributed by atoms with E-state index in [4.69, 9.17) is 4.98 Å². The van der Waals surface area contributed by atoms with E-state index in [1.165, 1.54) is 28.0 Å². The maximum Gasteiger partial charge on any atom is 0.292 e. The number of amides is 2. The fourth-order valence-electron chi connectivity index (χ4n) is 4.46. The molecule has 29 heavy (non-hydrogen) atoms. The molecule has 2 aliphatic rings. The number of nitrogens with two attached hydrogens (primary N) is 1. The number of aromatic nitrogens is 1. The van der Waals surface area contributed by atoms with Gasteiger partial charge >= 0.3 is 0 Å². The standard InChI is InChI=1S/C23H23N3O2S/c1-14-6-11-18-20(12-14)29-22(25-18)15-7-9-17(10-8-15)26-21(27)13-19(23(26)28)24-16-4-2-3-5-16/h6-12,16,19,24H,2-5,13H2,1H3/p+1/t19-/m1/s1. The fourth-order valence-corrected chi connectivity index (χ4v) is 5.53. The molecule has 148 valence electrons. The highest BCUT2D eigenvalue weighted by molar-refractivity contribution is 7.21. The number of fused-ring (bicyclic) bond motifs is 1. The molecule has 0 unspecified atom stereocenters. The Kier molecular flexibility index (Phi) is 4.68. The van der Waals surface area contributed by atoms with E-state index in [0.29, 0.717) is 18.2 Å². The van der Waals surface area contributed by atoms with Crippen LogP contribution in [0.25, 0.3) is 20.8 Å². The Balaban J connectivity index is 1.36. The number of thiazole rings is 1. The number of carbonyl (C=O) groups is 2. The van der Waals surface area contributed by atoms with E-state index in [-0.39, 0.29) is 17.9 Å². The first-order chi connectivity index (χ1) is 14.1. The summed E-state index contributed by atoms with van der Waals surface area (Å²) in [6, 6.07) is 14.1. The number of nitrogens with zero attached hydrogens (tertiary/aromatic N) is 2. The molecule has 3 aromatic rings. The van der Waals surface area contributed by atoms with Crippen LogP contribution < -0.4 is 10.2 Å². The summed E-state index contributed by atoms with van der Waals surface area (Å²) in [6.07, 6.45) is 5.05. The zero-order chi connectivity index (χ0) is 20.0. The fraction of sp³-hybridized carbons (Fsp3) is 0.348. The molecule has 1 aliphatic heterocycles. The molecule has 5 nitrogen and oxygen atoms in total. The van der Waals surface area contributed by atoms with Crippen LogP contribution in [0.15, 0.2) is 42.5 Å². The summed E-state index contributed by atoms with van der Waals surface area (Å²) in [5.41, 5.74) is 3.87. The van der Waals surface area contributed by atoms with Crippen molar-refractivity contribution in [2.45, 2.75) is 51.1 Å². The third-order valence-corrected chi connectivity index (χ3v) is 7.07. The molecule has 2 N–H and O–H groups in total. The third-order valence-electron chi connectivity index (χ3n) is 6.00. The molecule has 2 fully saturated rings. The van der Waals surface area contributed by atoms with Crippen LogP contribution in [0.5, 0.6) is 0 Å². The number of aryl methyl sites for hydroxylation is 1. The van der Waals surface area contributed by atoms with Gasteiger partial charge in [-0.25, -0.2) is 9.88 Å². The van der Waals surface area contributed by atoms with E-state index in [2.05, 4.69) is 24.4 Å². The first kappa shape index (κ1) is 18.5. The van der Waals surface area contributed by atoms with Gasteiger partial charge in [0.25, 0.3) is 5.91 Å². The monoisotopic (exact) mass is 406 g/mol. The molecule has 6 heteroatoms. The Labute approximate surface area is 173 Å². The molecular formula is C23H24N3O2S+. The van der Waals surface area contributed by atoms with Crippen molar-refractivity contribution in [1.29, 1.82) is 0 Å². The average Bonchev–Trinajstić information content (AvgIpc) is 3.42. The largest absolute Gasteiger partial charge is 0.333 e. The zero-order valence-electron chi connectivity index (χ0n) is 16.4. The molecule has 1 atom stereocenters. The molecule has 0 spiro atoms. The van der Waals surface area contributed by atoms with Gasteiger partial charge < -0.3 is 5.32 Å². The number of hydrogen-bond donors (Lipinski definition) is 1. The maximum atomic E-state index is 12.9. The summed E-state index contributed by atoms with van der Waals surface area (Å²) >= 11 is 1.66. The van der Waals surface area contributed by atoms with Crippen LogP contribution in [-0.2, 0) is 9.59 Å². The number of benzene rings is 2. The van der Waals surface area contributed by atoms with Gasteiger partial charge in [0.2, 0.25) is 5.91 Å². The minimum absolute atomic E-state index is 0.0786. The predicted molar refractivity (Wildman–Crippen MR) is 115 cm³/mol. The van der Waals surface area contributed by atoms with Gasteiger partial charge in [0, 0.05) is 5.56 Å². The Morgan fingerprint density at radius 2 is 1.83 bits per heavy atom. The first-order valence-electron chi connectivity index (χ1n) is 10.3. The molecule has 1 aromatic heterocycles. The predicted octanol–water partition coefficient (Wildman–Crippen LogP) is 3.41. The smallest absolute Gasteiger partial charge is 0.292 e. The number of quaternary nitrogens is 1. The van der Waals surface area contributed by atoms with Crippen LogP contribution in [-0.4, -0.2) is 28.9 Å². The molecule has 2 aromatic carbocycles. The highest BCUT2D eigenvalue weighted by Crippen LogP contribution is 2.32. The Hall–Kier alpha value is -2.57. The van der Waals surface area contributed by atoms with Gasteiger partial charge in [-0.15, -0.1) is 11.3 Å². The SMILES string of the molecule is Cc1ccc2nc(-c3ccc(N4C(=O)C[C@@H]([NH2+]C5CCCC5)C4=O)cc3)sc2c1. The number of imide groups is 1. The van der Waals surface area contributed by atoms with Gasteiger partial charge in [0.05, 0.1) is 28.4 Å². The van der Waals surface area contributed by atoms with Crippen LogP contribution in [0, 0.1) is 6.92 Å². The molecule has 1 aliphatic carbocycles. The normalized spacial score (nSPS) is 20.3. The minimum Gasteiger partial charge on any atom is -0.333 e. The van der Waals surface area contributed by atoms with Crippen molar-refractivity contribution in [1.82, 2.24) is 4.98 Å². The molecule has 0 bridgehead atoms. The summed E-state index contributed by atoms with van der Waals surface area (Å²) < 4.78 is 1.17. The minimum atomic E-state index is -0.266. The van der Waals surface area contributed by atoms with E-state index in [1.54, 1.807) is 11.3 Å². The van der Waals surface area contributed by atoms with Crippen molar-refractivity contribution in [3.63, 3.8) is 0 Å². The summed E-state index contributed by atoms with van der Waals surface area (Å²) in [5, 5.41) is 3.08. The summed E-state index contributed by atoms with van der Waals surface area (Å²) in [6.45, 7) is 2.08. The Morgan fingerprint density at radius 1 is 1.07 bits per heavy atom. The molecule has 0 radical (unpaired) electrons. The quantitative estimate of drug-likeness (QED) is 0.675. The van der Waals surface area contributed by atoms with E-state index in [9.17, 15) is 9.59 Å². The van der Waals surface area contributed by atoms with Crippen LogP contribution in [0.2, 0.25) is 0 Å². The number of rotatable bonds is 4. The van der Waals surface area contributed by atoms with Crippen LogP contribution in [0.4, 0.5) is 5.69 Å². The van der Waals surface area contributed by atoms with Gasteiger partial charge in [0.1, 0.15) is 5.01 Å². The Bertz CT molecular complexity index is 1080. The van der Waals surface area contributed by atoms with Crippen LogP contribution >= 0.6 is 11.3 Å². The van der Waals surface area contributed by atoms with E-state index in [0.717, 1.165) is 28.9 Å². The van der Waals surface area contributed by atoms with Gasteiger partial charge in [-0.2, -0.15) is 0 Å². The molecular weight excluding hydrogens is 382 g/mol. The molecule has 1 saturated carbocycles. The number of carbonyl (C=O) groups excluding carboxylic acids is 2. The second-order valence-corrected chi connectivity index (χ2v) is 9.18. The van der Waals surface area contributed by atoms with Crippen molar-refractivity contribution in [3.8, 4) is 10.6 Å². The van der Waals surface area contributed by atoms with Gasteiger partial charge in [0.15, 0.2) is 6.04 Å². The molecule has 2 amide bonds. The molecule has 2 heterocycles. The molecule has 5 rings (SSSR count). The lowest BCUT2D eigenvalue weighted by molar-refractivity contribution is -0.706. The van der Waals surface area contributed by atoms with Gasteiger partial charge in [-0.3, -0.25) is 9.59 Å². The summed E-state index contributed by atoms with van der Waals surface area (Å²) in [4.78, 5) is 31.5. The van der Waals surface area contributed by atoms with E-state index < -0.39 is 0 Å². The summed E-state index contributed by atoms with van der Waals surface area (Å²) in [7, 11) is 0. The van der Waals surface area contributed by atoms with Crippen molar-refractivity contribution in [2.75, 3.05) is 4.90 Å². The van der Waals surface area contributed by atoms with Crippen molar-refractivity contribution < 1.29 is 14.9 Å². The Morgan fingerprint density at radius 3 is 2.59 bits per heavy atom. The summed E-state index contributed by atoms with van der Waals surface area (Å²) in [5.74, 6) is -0.178. The van der Waals surface area contributed by atoms with Gasteiger partial charge in [-0.1, -0.05) is 6.07 Å². The average molecular weight is 407 g/mol. The van der Waals surface area contributed by atoms with Crippen LogP contribution in [0.1, 0.15) is 37.7 Å². The van der Waals surface area contributed by atoms with Crippen LogP contribution in [0.3, 0.4) is 0 Å². The highest BCUT2D eigenvalue weighted by atomic mass is 32.1. The van der Waals surface area contributed by atoms with E-state index in [1.807, 2.05) is 30.3 Å². The zero-order valence-corrected chi connectivity index (χ0v) is 17.2. The lowest BCUT2D eigenvalue weighted by Gasteiger charge is -2.16. The van der Waals surface area contributed by atoms with E-state index >= 15 is 0 Å². The number of hydrogen-bond acceptors (Lipinski definition) is 4. The maximum absolute atomic E-state index is 12.9. The topological polar surface area (TPSA) is 66.9 Å². The number of anilines is 1. The van der Waals surface area contributed by atoms with Crippen molar-refractivity contribution in [3.05, 3.63) is 48.0 Å². The third kappa shape index (κ3) is 3.47. The first-order valence-corrected chi connectivity index (χ1v) is 11.1.